The minimum Gasteiger partial charge on any atom is -0.478 e. The highest BCUT2D eigenvalue weighted by Crippen LogP contribution is 2.36. The van der Waals surface area contributed by atoms with Crippen molar-refractivity contribution in [3.8, 4) is 0 Å². The van der Waals surface area contributed by atoms with Gasteiger partial charge in [-0.3, -0.25) is 0 Å². The van der Waals surface area contributed by atoms with Gasteiger partial charge in [0, 0.05) is 23.2 Å². The lowest BCUT2D eigenvalue weighted by Crippen LogP contribution is -2.18. The Kier molecular flexibility index (Phi) is 10.9. The summed E-state index contributed by atoms with van der Waals surface area (Å²) in [5, 5.41) is 9.37. The SMILES string of the molecule is CCOC(C(C)C)[PH](=O)C/C(=C\CCCSc1ccccc1)C(=O)O. The van der Waals surface area contributed by atoms with Crippen molar-refractivity contribution in [3.05, 3.63) is 42.0 Å². The number of benzene rings is 1. The van der Waals surface area contributed by atoms with Crippen molar-refractivity contribution in [2.24, 2.45) is 5.92 Å². The molecule has 0 saturated heterocycles. The Morgan fingerprint density at radius 1 is 1.32 bits per heavy atom. The highest BCUT2D eigenvalue weighted by atomic mass is 32.2. The van der Waals surface area contributed by atoms with Crippen LogP contribution >= 0.6 is 19.6 Å². The Bertz CT molecular complexity index is 572. The molecule has 4 nitrogen and oxygen atoms in total. The Morgan fingerprint density at radius 3 is 2.56 bits per heavy atom. The van der Waals surface area contributed by atoms with Crippen LogP contribution in [0.4, 0.5) is 0 Å². The average Bonchev–Trinajstić information content (AvgIpc) is 2.58. The number of ether oxygens (including phenoxy) is 1. The summed E-state index contributed by atoms with van der Waals surface area (Å²) in [6.45, 7) is 6.26. The molecule has 2 atom stereocenters. The topological polar surface area (TPSA) is 63.6 Å². The molecule has 0 spiro atoms. The van der Waals surface area contributed by atoms with Crippen LogP contribution in [0.1, 0.15) is 33.6 Å². The first-order valence-electron chi connectivity index (χ1n) is 8.70. The van der Waals surface area contributed by atoms with E-state index in [-0.39, 0.29) is 23.5 Å². The molecule has 1 aromatic rings. The second-order valence-corrected chi connectivity index (χ2v) is 9.12. The molecule has 0 heterocycles. The normalized spacial score (nSPS) is 14.5. The molecule has 1 aromatic carbocycles. The molecule has 0 aliphatic rings. The number of hydrogen-bond acceptors (Lipinski definition) is 4. The van der Waals surface area contributed by atoms with Crippen LogP contribution in [-0.2, 0) is 14.1 Å². The van der Waals surface area contributed by atoms with Crippen LogP contribution < -0.4 is 0 Å². The molecule has 0 saturated carbocycles. The number of rotatable bonds is 12. The van der Waals surface area contributed by atoms with E-state index in [4.69, 9.17) is 4.74 Å². The molecule has 25 heavy (non-hydrogen) atoms. The molecular weight excluding hydrogens is 355 g/mol. The zero-order valence-electron chi connectivity index (χ0n) is 15.2. The molecule has 1 rings (SSSR count). The van der Waals surface area contributed by atoms with E-state index >= 15 is 0 Å². The predicted molar refractivity (Wildman–Crippen MR) is 106 cm³/mol. The third-order valence-electron chi connectivity index (χ3n) is 3.66. The Labute approximate surface area is 155 Å². The van der Waals surface area contributed by atoms with Crippen molar-refractivity contribution in [2.45, 2.75) is 44.4 Å². The highest BCUT2D eigenvalue weighted by Gasteiger charge is 2.23. The van der Waals surface area contributed by atoms with Crippen molar-refractivity contribution in [1.82, 2.24) is 0 Å². The van der Waals surface area contributed by atoms with Gasteiger partial charge >= 0.3 is 5.97 Å². The number of thioether (sulfide) groups is 1. The summed E-state index contributed by atoms with van der Waals surface area (Å²) in [6.07, 6.45) is 3.39. The van der Waals surface area contributed by atoms with E-state index in [2.05, 4.69) is 12.1 Å². The van der Waals surface area contributed by atoms with Crippen LogP contribution in [0, 0.1) is 5.92 Å². The fourth-order valence-electron chi connectivity index (χ4n) is 2.43. The van der Waals surface area contributed by atoms with Crippen LogP contribution in [0.5, 0.6) is 0 Å². The molecule has 2 unspecified atom stereocenters. The Hall–Kier alpha value is -1.03. The quantitative estimate of drug-likeness (QED) is 0.234. The van der Waals surface area contributed by atoms with Gasteiger partial charge in [-0.2, -0.15) is 0 Å². The number of hydrogen-bond donors (Lipinski definition) is 1. The zero-order chi connectivity index (χ0) is 18.7. The first-order valence-corrected chi connectivity index (χ1v) is 11.4. The Balaban J connectivity index is 2.50. The zero-order valence-corrected chi connectivity index (χ0v) is 17.1. The summed E-state index contributed by atoms with van der Waals surface area (Å²) in [6, 6.07) is 10.1. The van der Waals surface area contributed by atoms with E-state index in [1.807, 2.05) is 39.0 Å². The fourth-order valence-corrected chi connectivity index (χ4v) is 5.29. The summed E-state index contributed by atoms with van der Waals surface area (Å²) in [7, 11) is -2.14. The third kappa shape index (κ3) is 8.75. The smallest absolute Gasteiger partial charge is 0.331 e. The molecule has 0 amide bonds. The van der Waals surface area contributed by atoms with E-state index < -0.39 is 13.8 Å². The summed E-state index contributed by atoms with van der Waals surface area (Å²) in [5.74, 6) is -0.293. The maximum Gasteiger partial charge on any atom is 0.331 e. The molecule has 0 fully saturated rings. The van der Waals surface area contributed by atoms with Crippen LogP contribution in [0.3, 0.4) is 0 Å². The predicted octanol–water partition coefficient (Wildman–Crippen LogP) is 5.15. The van der Waals surface area contributed by atoms with Crippen LogP contribution in [0.2, 0.25) is 0 Å². The van der Waals surface area contributed by atoms with E-state index in [9.17, 15) is 14.5 Å². The second-order valence-electron chi connectivity index (χ2n) is 6.10. The molecule has 0 radical (unpaired) electrons. The number of carboxylic acids is 1. The van der Waals surface area contributed by atoms with Gasteiger partial charge in [-0.05, 0) is 43.6 Å². The summed E-state index contributed by atoms with van der Waals surface area (Å²) in [5.41, 5.74) is 0.249. The molecule has 0 bridgehead atoms. The number of carboxylic acid groups (broad SMARTS) is 1. The number of allylic oxidation sites excluding steroid dienone is 1. The van der Waals surface area contributed by atoms with Gasteiger partial charge in [-0.1, -0.05) is 38.1 Å². The lowest BCUT2D eigenvalue weighted by molar-refractivity contribution is -0.132. The van der Waals surface area contributed by atoms with Gasteiger partial charge in [0.05, 0.1) is 0 Å². The van der Waals surface area contributed by atoms with Crippen molar-refractivity contribution in [3.63, 3.8) is 0 Å². The molecule has 6 heteroatoms. The molecule has 0 aliphatic heterocycles. The average molecular weight is 384 g/mol. The maximum atomic E-state index is 12.5. The first-order chi connectivity index (χ1) is 12.0. The van der Waals surface area contributed by atoms with Crippen molar-refractivity contribution >= 4 is 25.5 Å². The lowest BCUT2D eigenvalue weighted by Gasteiger charge is -2.20. The number of aliphatic carboxylic acids is 1. The second kappa shape index (κ2) is 12.3. The largest absolute Gasteiger partial charge is 0.478 e. The van der Waals surface area contributed by atoms with Crippen molar-refractivity contribution < 1.29 is 19.2 Å². The van der Waals surface area contributed by atoms with Gasteiger partial charge in [0.15, 0.2) is 0 Å². The van der Waals surface area contributed by atoms with Crippen LogP contribution in [0.25, 0.3) is 0 Å². The van der Waals surface area contributed by atoms with E-state index in [0.29, 0.717) is 13.0 Å². The molecule has 0 aromatic heterocycles. The minimum absolute atomic E-state index is 0.106. The number of carbonyl (C=O) groups is 1. The van der Waals surface area contributed by atoms with E-state index in [1.165, 1.54) is 4.90 Å². The highest BCUT2D eigenvalue weighted by molar-refractivity contribution is 7.99. The first kappa shape index (κ1) is 22.0. The molecular formula is C19H29O4PS. The van der Waals surface area contributed by atoms with Gasteiger partial charge in [-0.25, -0.2) is 4.79 Å². The van der Waals surface area contributed by atoms with Gasteiger partial charge < -0.3 is 14.4 Å². The van der Waals surface area contributed by atoms with Gasteiger partial charge in [0.25, 0.3) is 0 Å². The van der Waals surface area contributed by atoms with Crippen LogP contribution in [0.15, 0.2) is 46.9 Å². The molecule has 1 N–H and O–H groups in total. The van der Waals surface area contributed by atoms with E-state index in [1.54, 1.807) is 17.8 Å². The summed E-state index contributed by atoms with van der Waals surface area (Å²) >= 11 is 1.76. The standard InChI is InChI=1S/C19H29O4PS/c1-4-23-19(15(2)3)24(22)14-16(18(20)21)10-8-9-13-25-17-11-6-5-7-12-17/h5-7,10-12,15,19,24H,4,8-9,13-14H2,1-3H3,(H,20,21)/b16-10+. The van der Waals surface area contributed by atoms with Crippen molar-refractivity contribution in [2.75, 3.05) is 18.5 Å². The molecule has 0 aliphatic carbocycles. The number of unbranched alkanes of at least 4 members (excludes halogenated alkanes) is 1. The van der Waals surface area contributed by atoms with Gasteiger partial charge in [0.1, 0.15) is 13.6 Å². The summed E-state index contributed by atoms with van der Waals surface area (Å²) in [4.78, 5) is 12.6. The summed E-state index contributed by atoms with van der Waals surface area (Å²) < 4.78 is 18.1. The van der Waals surface area contributed by atoms with Gasteiger partial charge in [-0.15, -0.1) is 11.8 Å². The minimum atomic E-state index is -2.14. The Morgan fingerprint density at radius 2 is 2.00 bits per heavy atom. The molecule has 140 valence electrons. The van der Waals surface area contributed by atoms with E-state index in [0.717, 1.165) is 12.2 Å². The maximum absolute atomic E-state index is 12.5. The van der Waals surface area contributed by atoms with Gasteiger partial charge in [0.2, 0.25) is 0 Å². The fraction of sp³-hybridized carbons (Fsp3) is 0.526. The lowest BCUT2D eigenvalue weighted by atomic mass is 10.2. The van der Waals surface area contributed by atoms with Crippen LogP contribution in [-0.4, -0.2) is 35.4 Å². The third-order valence-corrected chi connectivity index (χ3v) is 6.96. The van der Waals surface area contributed by atoms with Crippen molar-refractivity contribution in [1.29, 1.82) is 0 Å². The monoisotopic (exact) mass is 384 g/mol.